The zero-order valence-corrected chi connectivity index (χ0v) is 14.5. The first kappa shape index (κ1) is 22.2. The van der Waals surface area contributed by atoms with Gasteiger partial charge in [0.1, 0.15) is 0 Å². The van der Waals surface area contributed by atoms with Crippen LogP contribution >= 0.6 is 24.8 Å². The van der Waals surface area contributed by atoms with E-state index in [-0.39, 0.29) is 42.2 Å². The summed E-state index contributed by atoms with van der Waals surface area (Å²) in [6, 6.07) is 0. The van der Waals surface area contributed by atoms with Crippen LogP contribution in [0.5, 0.6) is 0 Å². The van der Waals surface area contributed by atoms with E-state index in [0.717, 1.165) is 32.8 Å². The Labute approximate surface area is 135 Å². The van der Waals surface area contributed by atoms with Crippen LogP contribution in [0.4, 0.5) is 0 Å². The molecule has 20 heavy (non-hydrogen) atoms. The van der Waals surface area contributed by atoms with Crippen molar-refractivity contribution in [3.05, 3.63) is 0 Å². The number of carbonyl (C=O) groups is 1. The van der Waals surface area contributed by atoms with Crippen molar-refractivity contribution in [1.82, 2.24) is 15.5 Å². The lowest BCUT2D eigenvalue weighted by Crippen LogP contribution is -2.55. The molecule has 2 N–H and O–H groups in total. The molecule has 1 aliphatic heterocycles. The summed E-state index contributed by atoms with van der Waals surface area (Å²) in [5, 5.41) is 6.00. The summed E-state index contributed by atoms with van der Waals surface area (Å²) in [6.07, 6.45) is 0. The van der Waals surface area contributed by atoms with Crippen LogP contribution in [0.25, 0.3) is 0 Å². The van der Waals surface area contributed by atoms with Gasteiger partial charge in [0.25, 0.3) is 0 Å². The smallest absolute Gasteiger partial charge is 0.224 e. The Balaban J connectivity index is 0. The van der Waals surface area contributed by atoms with Crippen molar-refractivity contribution in [1.29, 1.82) is 0 Å². The first-order valence-electron chi connectivity index (χ1n) is 6.72. The number of carbonyl (C=O) groups excluding carboxylic acids is 1. The van der Waals surface area contributed by atoms with E-state index < -0.39 is 0 Å². The normalized spacial score (nSPS) is 19.4. The van der Waals surface area contributed by atoms with Gasteiger partial charge in [-0.25, -0.2) is 0 Å². The van der Waals surface area contributed by atoms with Crippen molar-refractivity contribution in [3.8, 4) is 0 Å². The van der Waals surface area contributed by atoms with Gasteiger partial charge in [-0.1, -0.05) is 6.92 Å². The van der Waals surface area contributed by atoms with Crippen molar-refractivity contribution in [2.75, 3.05) is 46.4 Å². The third-order valence-corrected chi connectivity index (χ3v) is 3.46. The molecule has 0 aromatic rings. The average Bonchev–Trinajstić information content (AvgIpc) is 2.31. The molecular formula is C13H29Cl2N3O2. The van der Waals surface area contributed by atoms with Gasteiger partial charge in [-0.2, -0.15) is 0 Å². The quantitative estimate of drug-likeness (QED) is 0.760. The van der Waals surface area contributed by atoms with Gasteiger partial charge in [0.15, 0.2) is 0 Å². The molecule has 0 aromatic carbocycles. The molecule has 7 heteroatoms. The standard InChI is InChI=1S/C13H27N3O2.2ClH/c1-11(9-14-4)12(17)15-5-6-16-7-8-18-10-13(16,2)3;;/h11,14H,5-10H2,1-4H3,(H,15,17);2*1H. The summed E-state index contributed by atoms with van der Waals surface area (Å²) in [5.41, 5.74) is 0.0690. The number of amides is 1. The number of nitrogens with zero attached hydrogens (tertiary/aromatic N) is 1. The molecule has 0 spiro atoms. The fourth-order valence-electron chi connectivity index (χ4n) is 2.19. The first-order valence-corrected chi connectivity index (χ1v) is 6.72. The highest BCUT2D eigenvalue weighted by atomic mass is 35.5. The Kier molecular flexibility index (Phi) is 11.8. The highest BCUT2D eigenvalue weighted by molar-refractivity contribution is 5.85. The summed E-state index contributed by atoms with van der Waals surface area (Å²) < 4.78 is 5.48. The second kappa shape index (κ2) is 10.6. The Morgan fingerprint density at radius 3 is 2.60 bits per heavy atom. The van der Waals surface area contributed by atoms with Crippen LogP contribution in [-0.2, 0) is 9.53 Å². The lowest BCUT2D eigenvalue weighted by molar-refractivity contribution is -0.124. The summed E-state index contributed by atoms with van der Waals surface area (Å²) in [4.78, 5) is 14.1. The molecule has 0 bridgehead atoms. The van der Waals surface area contributed by atoms with Crippen LogP contribution in [0.2, 0.25) is 0 Å². The molecular weight excluding hydrogens is 301 g/mol. The highest BCUT2D eigenvalue weighted by Crippen LogP contribution is 2.17. The van der Waals surface area contributed by atoms with E-state index in [1.165, 1.54) is 0 Å². The van der Waals surface area contributed by atoms with Crippen LogP contribution < -0.4 is 10.6 Å². The Morgan fingerprint density at radius 2 is 2.05 bits per heavy atom. The predicted molar refractivity (Wildman–Crippen MR) is 87.1 cm³/mol. The van der Waals surface area contributed by atoms with Crippen LogP contribution in [0, 0.1) is 5.92 Å². The third-order valence-electron chi connectivity index (χ3n) is 3.46. The number of nitrogens with one attached hydrogen (secondary N) is 2. The minimum absolute atomic E-state index is 0. The van der Waals surface area contributed by atoms with Gasteiger partial charge in [0, 0.05) is 37.6 Å². The van der Waals surface area contributed by atoms with Crippen molar-refractivity contribution < 1.29 is 9.53 Å². The van der Waals surface area contributed by atoms with Gasteiger partial charge < -0.3 is 15.4 Å². The molecule has 1 heterocycles. The number of hydrogen-bond acceptors (Lipinski definition) is 4. The van der Waals surface area contributed by atoms with E-state index >= 15 is 0 Å². The minimum Gasteiger partial charge on any atom is -0.378 e. The van der Waals surface area contributed by atoms with Crippen LogP contribution in [0.1, 0.15) is 20.8 Å². The largest absolute Gasteiger partial charge is 0.378 e. The van der Waals surface area contributed by atoms with E-state index in [2.05, 4.69) is 29.4 Å². The number of ether oxygens (including phenoxy) is 1. The van der Waals surface area contributed by atoms with Gasteiger partial charge in [0.2, 0.25) is 5.91 Å². The molecule has 1 saturated heterocycles. The molecule has 1 unspecified atom stereocenters. The Hall–Kier alpha value is -0.0700. The molecule has 0 saturated carbocycles. The monoisotopic (exact) mass is 329 g/mol. The lowest BCUT2D eigenvalue weighted by atomic mass is 10.0. The summed E-state index contributed by atoms with van der Waals surface area (Å²) in [5.74, 6) is 0.142. The van der Waals surface area contributed by atoms with Crippen LogP contribution in [-0.4, -0.2) is 62.8 Å². The number of morpholine rings is 1. The molecule has 1 amide bonds. The zero-order chi connectivity index (χ0) is 13.6. The van der Waals surface area contributed by atoms with Crippen molar-refractivity contribution in [3.63, 3.8) is 0 Å². The van der Waals surface area contributed by atoms with E-state index in [4.69, 9.17) is 4.74 Å². The second-order valence-electron chi connectivity index (χ2n) is 5.60. The predicted octanol–water partition coefficient (Wildman–Crippen LogP) is 0.912. The van der Waals surface area contributed by atoms with Crippen molar-refractivity contribution in [2.24, 2.45) is 5.92 Å². The highest BCUT2D eigenvalue weighted by Gasteiger charge is 2.29. The molecule has 1 rings (SSSR count). The fraction of sp³-hybridized carbons (Fsp3) is 0.923. The maximum atomic E-state index is 11.7. The first-order chi connectivity index (χ1) is 8.47. The molecule has 0 aromatic heterocycles. The Bertz CT molecular complexity index is 278. The van der Waals surface area contributed by atoms with Gasteiger partial charge in [0.05, 0.1) is 13.2 Å². The van der Waals surface area contributed by atoms with Gasteiger partial charge in [-0.3, -0.25) is 9.69 Å². The SMILES string of the molecule is CNCC(C)C(=O)NCCN1CCOCC1(C)C.Cl.Cl. The number of rotatable bonds is 6. The molecule has 0 aliphatic carbocycles. The van der Waals surface area contributed by atoms with Gasteiger partial charge in [-0.05, 0) is 20.9 Å². The summed E-state index contributed by atoms with van der Waals surface area (Å²) in [6.45, 7) is 11.1. The topological polar surface area (TPSA) is 53.6 Å². The van der Waals surface area contributed by atoms with E-state index in [1.807, 2.05) is 14.0 Å². The molecule has 0 radical (unpaired) electrons. The molecule has 122 valence electrons. The Morgan fingerprint density at radius 1 is 1.40 bits per heavy atom. The third kappa shape index (κ3) is 7.09. The summed E-state index contributed by atoms with van der Waals surface area (Å²) in [7, 11) is 1.86. The second-order valence-corrected chi connectivity index (χ2v) is 5.60. The van der Waals surface area contributed by atoms with Gasteiger partial charge >= 0.3 is 0 Å². The van der Waals surface area contributed by atoms with Crippen LogP contribution in [0.3, 0.4) is 0 Å². The average molecular weight is 330 g/mol. The molecule has 1 atom stereocenters. The molecule has 1 fully saturated rings. The van der Waals surface area contributed by atoms with E-state index in [0.29, 0.717) is 6.54 Å². The zero-order valence-electron chi connectivity index (χ0n) is 12.9. The van der Waals surface area contributed by atoms with Crippen LogP contribution in [0.15, 0.2) is 0 Å². The fourth-order valence-corrected chi connectivity index (χ4v) is 2.19. The van der Waals surface area contributed by atoms with E-state index in [9.17, 15) is 4.79 Å². The number of hydrogen-bond donors (Lipinski definition) is 2. The summed E-state index contributed by atoms with van der Waals surface area (Å²) >= 11 is 0. The van der Waals surface area contributed by atoms with E-state index in [1.54, 1.807) is 0 Å². The maximum absolute atomic E-state index is 11.7. The number of halogens is 2. The van der Waals surface area contributed by atoms with Gasteiger partial charge in [-0.15, -0.1) is 24.8 Å². The van der Waals surface area contributed by atoms with Crippen molar-refractivity contribution in [2.45, 2.75) is 26.3 Å². The van der Waals surface area contributed by atoms with Crippen molar-refractivity contribution >= 4 is 30.7 Å². The molecule has 1 aliphatic rings. The lowest BCUT2D eigenvalue weighted by Gasteiger charge is -2.42. The minimum atomic E-state index is 0. The maximum Gasteiger partial charge on any atom is 0.224 e. The molecule has 5 nitrogen and oxygen atoms in total.